The molecule has 0 bridgehead atoms. The van der Waals surface area contributed by atoms with Crippen LogP contribution >= 0.6 is 0 Å². The van der Waals surface area contributed by atoms with E-state index in [1.807, 2.05) is 57.1 Å². The molecule has 2 aromatic carbocycles. The predicted molar refractivity (Wildman–Crippen MR) is 127 cm³/mol. The predicted octanol–water partition coefficient (Wildman–Crippen LogP) is 2.89. The lowest BCUT2D eigenvalue weighted by Crippen LogP contribution is -2.53. The third kappa shape index (κ3) is 3.35. The zero-order valence-electron chi connectivity index (χ0n) is 19.5. The first-order valence-corrected chi connectivity index (χ1v) is 11.2. The number of Topliss-reactive ketones (excluding diaryl/α,β-unsaturated/α-hetero) is 1. The molecule has 1 atom stereocenters. The van der Waals surface area contributed by atoms with Crippen LogP contribution in [0.3, 0.4) is 0 Å². The molecule has 33 heavy (non-hydrogen) atoms. The maximum Gasteiger partial charge on any atom is 0.296 e. The number of aliphatic hydroxyl groups is 1. The number of likely N-dealkylation sites (N-methyl/N-ethyl adjacent to an activating group) is 1. The molecule has 2 amide bonds. The second-order valence-corrected chi connectivity index (χ2v) is 8.86. The highest BCUT2D eigenvalue weighted by Gasteiger charge is 2.66. The van der Waals surface area contributed by atoms with Gasteiger partial charge in [0, 0.05) is 30.8 Å². The molecule has 2 aliphatic rings. The van der Waals surface area contributed by atoms with Crippen LogP contribution in [0.1, 0.15) is 30.0 Å². The Balaban J connectivity index is 2.04. The monoisotopic (exact) mass is 447 g/mol. The van der Waals surface area contributed by atoms with Gasteiger partial charge in [-0.15, -0.1) is 0 Å². The van der Waals surface area contributed by atoms with Crippen LogP contribution in [-0.4, -0.2) is 66.2 Å². The summed E-state index contributed by atoms with van der Waals surface area (Å²) in [4.78, 5) is 45.8. The second kappa shape index (κ2) is 8.48. The molecule has 7 nitrogen and oxygen atoms in total. The number of anilines is 1. The molecule has 7 heteroatoms. The zero-order valence-corrected chi connectivity index (χ0v) is 19.5. The Kier molecular flexibility index (Phi) is 5.84. The van der Waals surface area contributed by atoms with Crippen LogP contribution in [-0.2, 0) is 19.9 Å². The third-order valence-electron chi connectivity index (χ3n) is 6.35. The lowest BCUT2D eigenvalue weighted by Gasteiger charge is -2.35. The highest BCUT2D eigenvalue weighted by molar-refractivity contribution is 6.50. The topological polar surface area (TPSA) is 81.2 Å². The van der Waals surface area contributed by atoms with Gasteiger partial charge in [-0.2, -0.15) is 0 Å². The molecule has 0 aromatic heterocycles. The van der Waals surface area contributed by atoms with Gasteiger partial charge in [-0.1, -0.05) is 55.0 Å². The molecule has 1 saturated heterocycles. The van der Waals surface area contributed by atoms with Crippen molar-refractivity contribution in [3.8, 4) is 0 Å². The number of carbonyl (C=O) groups excluding carboxylic acids is 3. The van der Waals surface area contributed by atoms with Crippen molar-refractivity contribution in [3.63, 3.8) is 0 Å². The number of fused-ring (bicyclic) bond motifs is 2. The van der Waals surface area contributed by atoms with Crippen LogP contribution in [0.2, 0.25) is 0 Å². The molecule has 0 aliphatic carbocycles. The van der Waals surface area contributed by atoms with Crippen molar-refractivity contribution >= 4 is 29.0 Å². The van der Waals surface area contributed by atoms with Gasteiger partial charge in [-0.05, 0) is 33.5 Å². The van der Waals surface area contributed by atoms with Crippen molar-refractivity contribution in [2.45, 2.75) is 25.8 Å². The minimum atomic E-state index is -1.69. The Bertz CT molecular complexity index is 1150. The molecule has 0 saturated carbocycles. The zero-order chi connectivity index (χ0) is 23.9. The number of carbonyl (C=O) groups is 3. The quantitative estimate of drug-likeness (QED) is 0.418. The number of benzene rings is 2. The van der Waals surface area contributed by atoms with Gasteiger partial charge in [-0.25, -0.2) is 0 Å². The number of hydrogen-bond donors (Lipinski definition) is 1. The molecule has 2 heterocycles. The van der Waals surface area contributed by atoms with E-state index >= 15 is 0 Å². The van der Waals surface area contributed by atoms with Crippen LogP contribution < -0.4 is 4.90 Å². The maximum atomic E-state index is 14.1. The van der Waals surface area contributed by atoms with Crippen molar-refractivity contribution < 1.29 is 19.5 Å². The van der Waals surface area contributed by atoms with E-state index in [9.17, 15) is 19.5 Å². The first-order chi connectivity index (χ1) is 15.7. The van der Waals surface area contributed by atoms with Gasteiger partial charge < -0.3 is 19.8 Å². The number of para-hydroxylation sites is 1. The number of hydrogen-bond acceptors (Lipinski definition) is 5. The fourth-order valence-electron chi connectivity index (χ4n) is 4.77. The number of ketones is 1. The van der Waals surface area contributed by atoms with E-state index in [1.165, 1.54) is 4.90 Å². The average molecular weight is 448 g/mol. The Hall–Kier alpha value is -3.45. The Labute approximate surface area is 193 Å². The van der Waals surface area contributed by atoms with Gasteiger partial charge in [0.05, 0.1) is 11.3 Å². The van der Waals surface area contributed by atoms with Crippen LogP contribution in [0.15, 0.2) is 54.1 Å². The molecule has 1 N–H and O–H groups in total. The SMILES string of the molecule is CCCN1C(=O)C2(/C(=C(\O)c3ccc(C)cc3)C(=O)C(=O)N2CCN(C)C)c2ccccc21. The van der Waals surface area contributed by atoms with Crippen molar-refractivity contribution in [1.82, 2.24) is 9.80 Å². The van der Waals surface area contributed by atoms with Crippen molar-refractivity contribution in [2.75, 3.05) is 38.6 Å². The Morgan fingerprint density at radius 1 is 1.00 bits per heavy atom. The lowest BCUT2D eigenvalue weighted by atomic mass is 9.82. The van der Waals surface area contributed by atoms with E-state index in [-0.39, 0.29) is 23.8 Å². The first kappa shape index (κ1) is 22.7. The summed E-state index contributed by atoms with van der Waals surface area (Å²) in [6, 6.07) is 14.3. The van der Waals surface area contributed by atoms with E-state index in [2.05, 4.69) is 0 Å². The summed E-state index contributed by atoms with van der Waals surface area (Å²) in [5.74, 6) is -2.32. The molecule has 4 rings (SSSR count). The van der Waals surface area contributed by atoms with Crippen LogP contribution in [0.5, 0.6) is 0 Å². The Morgan fingerprint density at radius 3 is 2.30 bits per heavy atom. The molecule has 1 fully saturated rings. The van der Waals surface area contributed by atoms with E-state index < -0.39 is 17.2 Å². The van der Waals surface area contributed by atoms with Crippen molar-refractivity contribution in [2.24, 2.45) is 0 Å². The third-order valence-corrected chi connectivity index (χ3v) is 6.35. The summed E-state index contributed by atoms with van der Waals surface area (Å²) in [7, 11) is 3.73. The molecule has 1 unspecified atom stereocenters. The second-order valence-electron chi connectivity index (χ2n) is 8.86. The fourth-order valence-corrected chi connectivity index (χ4v) is 4.77. The van der Waals surface area contributed by atoms with Gasteiger partial charge >= 0.3 is 0 Å². The Morgan fingerprint density at radius 2 is 1.67 bits per heavy atom. The van der Waals surface area contributed by atoms with Crippen LogP contribution in [0.4, 0.5) is 5.69 Å². The number of aliphatic hydroxyl groups excluding tert-OH is 1. The van der Waals surface area contributed by atoms with E-state index in [4.69, 9.17) is 0 Å². The number of aryl methyl sites for hydroxylation is 1. The normalized spacial score (nSPS) is 21.5. The number of likely N-dealkylation sites (tertiary alicyclic amines) is 1. The number of nitrogens with zero attached hydrogens (tertiary/aromatic N) is 3. The summed E-state index contributed by atoms with van der Waals surface area (Å²) in [5, 5.41) is 11.4. The molecule has 172 valence electrons. The largest absolute Gasteiger partial charge is 0.507 e. The van der Waals surface area contributed by atoms with Gasteiger partial charge in [0.15, 0.2) is 5.54 Å². The van der Waals surface area contributed by atoms with Crippen LogP contribution in [0, 0.1) is 6.92 Å². The number of amides is 2. The maximum absolute atomic E-state index is 14.1. The minimum absolute atomic E-state index is 0.161. The summed E-state index contributed by atoms with van der Waals surface area (Å²) >= 11 is 0. The van der Waals surface area contributed by atoms with Gasteiger partial charge in [-0.3, -0.25) is 14.4 Å². The minimum Gasteiger partial charge on any atom is -0.507 e. The molecule has 2 aromatic rings. The summed E-state index contributed by atoms with van der Waals surface area (Å²) in [6.07, 6.45) is 0.707. The molecule has 1 spiro atoms. The number of rotatable bonds is 6. The highest BCUT2D eigenvalue weighted by atomic mass is 16.3. The van der Waals surface area contributed by atoms with Crippen molar-refractivity contribution in [1.29, 1.82) is 0 Å². The smallest absolute Gasteiger partial charge is 0.296 e. The van der Waals surface area contributed by atoms with E-state index in [0.29, 0.717) is 36.3 Å². The van der Waals surface area contributed by atoms with Gasteiger partial charge in [0.25, 0.3) is 17.6 Å². The standard InChI is InChI=1S/C26H29N3O4/c1-5-14-28-20-9-7-6-8-19(20)26(25(28)33)21(22(30)18-12-10-17(2)11-13-18)23(31)24(32)29(26)16-15-27(3)4/h6-13,30H,5,14-16H2,1-4H3/b22-21-. The summed E-state index contributed by atoms with van der Waals surface area (Å²) in [6.45, 7) is 4.96. The lowest BCUT2D eigenvalue weighted by molar-refractivity contribution is -0.143. The molecule has 0 radical (unpaired) electrons. The van der Waals surface area contributed by atoms with Crippen molar-refractivity contribution in [3.05, 3.63) is 70.8 Å². The van der Waals surface area contributed by atoms with Gasteiger partial charge in [0.2, 0.25) is 0 Å². The average Bonchev–Trinajstić information content (AvgIpc) is 3.16. The molecule has 2 aliphatic heterocycles. The van der Waals surface area contributed by atoms with E-state index in [0.717, 1.165) is 5.56 Å². The highest BCUT2D eigenvalue weighted by Crippen LogP contribution is 2.53. The summed E-state index contributed by atoms with van der Waals surface area (Å²) in [5.41, 5.74) is 0.747. The van der Waals surface area contributed by atoms with Crippen LogP contribution in [0.25, 0.3) is 5.76 Å². The summed E-state index contributed by atoms with van der Waals surface area (Å²) < 4.78 is 0. The fraction of sp³-hybridized carbons (Fsp3) is 0.346. The first-order valence-electron chi connectivity index (χ1n) is 11.2. The molecular weight excluding hydrogens is 418 g/mol. The van der Waals surface area contributed by atoms with E-state index in [1.54, 1.807) is 29.2 Å². The molecular formula is C26H29N3O4. The van der Waals surface area contributed by atoms with Gasteiger partial charge in [0.1, 0.15) is 5.76 Å².